The van der Waals surface area contributed by atoms with Gasteiger partial charge in [0.15, 0.2) is 0 Å². The number of hydrogen-bond donors (Lipinski definition) is 1. The molecule has 0 radical (unpaired) electrons. The zero-order valence-electron chi connectivity index (χ0n) is 11.9. The fourth-order valence-corrected chi connectivity index (χ4v) is 3.65. The standard InChI is InChI=1S/C17H26O2/c1-2-3-4-5-15(19)8-9-16-13-6-7-14(12-13)17(16)10-11-18/h6-9,11,13-17,19H,2-5,10,12H2,1H3. The summed E-state index contributed by atoms with van der Waals surface area (Å²) in [5, 5.41) is 9.95. The first kappa shape index (κ1) is 14.5. The highest BCUT2D eigenvalue weighted by atomic mass is 16.3. The number of rotatable bonds is 8. The van der Waals surface area contributed by atoms with Crippen LogP contribution in [0.2, 0.25) is 0 Å². The molecular formula is C17H26O2. The molecular weight excluding hydrogens is 236 g/mol. The highest BCUT2D eigenvalue weighted by molar-refractivity contribution is 5.50. The summed E-state index contributed by atoms with van der Waals surface area (Å²) in [7, 11) is 0. The highest BCUT2D eigenvalue weighted by Crippen LogP contribution is 2.49. The molecule has 0 amide bonds. The van der Waals surface area contributed by atoms with Gasteiger partial charge in [-0.15, -0.1) is 0 Å². The molecule has 2 rings (SSSR count). The number of fused-ring (bicyclic) bond motifs is 2. The average molecular weight is 262 g/mol. The second kappa shape index (κ2) is 7.04. The number of carbonyl (C=O) groups excluding carboxylic acids is 1. The molecule has 0 aliphatic heterocycles. The Morgan fingerprint density at radius 1 is 1.32 bits per heavy atom. The van der Waals surface area contributed by atoms with Crippen molar-refractivity contribution in [3.8, 4) is 0 Å². The van der Waals surface area contributed by atoms with Crippen LogP contribution >= 0.6 is 0 Å². The summed E-state index contributed by atoms with van der Waals surface area (Å²) in [5.74, 6) is 2.10. The Labute approximate surface area is 116 Å². The van der Waals surface area contributed by atoms with Crippen molar-refractivity contribution in [2.45, 2.75) is 51.6 Å². The van der Waals surface area contributed by atoms with E-state index in [0.29, 0.717) is 30.1 Å². The van der Waals surface area contributed by atoms with Crippen LogP contribution in [0.1, 0.15) is 45.4 Å². The lowest BCUT2D eigenvalue weighted by atomic mass is 9.81. The van der Waals surface area contributed by atoms with E-state index in [0.717, 1.165) is 19.1 Å². The van der Waals surface area contributed by atoms with Gasteiger partial charge in [-0.05, 0) is 36.5 Å². The summed E-state index contributed by atoms with van der Waals surface area (Å²) in [6, 6.07) is 0. The van der Waals surface area contributed by atoms with E-state index in [-0.39, 0.29) is 6.10 Å². The molecule has 1 saturated carbocycles. The van der Waals surface area contributed by atoms with E-state index < -0.39 is 0 Å². The molecule has 0 aromatic carbocycles. The van der Waals surface area contributed by atoms with Crippen LogP contribution in [0.4, 0.5) is 0 Å². The monoisotopic (exact) mass is 262 g/mol. The summed E-state index contributed by atoms with van der Waals surface area (Å²) in [5.41, 5.74) is 0. The van der Waals surface area contributed by atoms with Crippen molar-refractivity contribution in [1.29, 1.82) is 0 Å². The van der Waals surface area contributed by atoms with Crippen molar-refractivity contribution in [1.82, 2.24) is 0 Å². The summed E-state index contributed by atoms with van der Waals surface area (Å²) >= 11 is 0. The molecule has 19 heavy (non-hydrogen) atoms. The molecule has 2 heteroatoms. The van der Waals surface area contributed by atoms with Crippen molar-refractivity contribution in [2.24, 2.45) is 23.7 Å². The van der Waals surface area contributed by atoms with E-state index in [2.05, 4.69) is 25.2 Å². The predicted molar refractivity (Wildman–Crippen MR) is 77.7 cm³/mol. The molecule has 0 aromatic heterocycles. The third kappa shape index (κ3) is 3.56. The summed E-state index contributed by atoms with van der Waals surface area (Å²) in [6.07, 6.45) is 15.6. The van der Waals surface area contributed by atoms with Gasteiger partial charge >= 0.3 is 0 Å². The Balaban J connectivity index is 1.86. The topological polar surface area (TPSA) is 37.3 Å². The molecule has 1 N–H and O–H groups in total. The number of hydrogen-bond acceptors (Lipinski definition) is 2. The largest absolute Gasteiger partial charge is 0.389 e. The van der Waals surface area contributed by atoms with Crippen molar-refractivity contribution in [3.63, 3.8) is 0 Å². The number of aldehydes is 1. The smallest absolute Gasteiger partial charge is 0.120 e. The van der Waals surface area contributed by atoms with Crippen LogP contribution in [0.5, 0.6) is 0 Å². The van der Waals surface area contributed by atoms with Crippen molar-refractivity contribution in [3.05, 3.63) is 24.3 Å². The molecule has 5 atom stereocenters. The van der Waals surface area contributed by atoms with Gasteiger partial charge in [0.2, 0.25) is 0 Å². The Morgan fingerprint density at radius 2 is 2.11 bits per heavy atom. The minimum Gasteiger partial charge on any atom is -0.389 e. The van der Waals surface area contributed by atoms with Crippen LogP contribution < -0.4 is 0 Å². The lowest BCUT2D eigenvalue weighted by Crippen LogP contribution is -2.18. The van der Waals surface area contributed by atoms with Crippen LogP contribution in [0.25, 0.3) is 0 Å². The maximum atomic E-state index is 10.8. The Bertz CT molecular complexity index is 345. The van der Waals surface area contributed by atoms with E-state index in [9.17, 15) is 9.90 Å². The molecule has 2 nitrogen and oxygen atoms in total. The third-order valence-electron chi connectivity index (χ3n) is 4.72. The molecule has 2 aliphatic rings. The second-order valence-electron chi connectivity index (χ2n) is 6.04. The first-order chi connectivity index (χ1) is 9.26. The molecule has 1 fully saturated rings. The van der Waals surface area contributed by atoms with Crippen molar-refractivity contribution >= 4 is 6.29 Å². The van der Waals surface area contributed by atoms with Gasteiger partial charge in [0.25, 0.3) is 0 Å². The van der Waals surface area contributed by atoms with E-state index in [4.69, 9.17) is 0 Å². The van der Waals surface area contributed by atoms with Crippen molar-refractivity contribution < 1.29 is 9.90 Å². The number of aliphatic hydroxyl groups is 1. The number of unbranched alkanes of at least 4 members (excludes halogenated alkanes) is 2. The van der Waals surface area contributed by atoms with Gasteiger partial charge in [-0.3, -0.25) is 0 Å². The number of allylic oxidation sites excluding steroid dienone is 3. The molecule has 0 saturated heterocycles. The summed E-state index contributed by atoms with van der Waals surface area (Å²) in [4.78, 5) is 10.8. The fourth-order valence-electron chi connectivity index (χ4n) is 3.65. The van der Waals surface area contributed by atoms with Crippen LogP contribution in [0.15, 0.2) is 24.3 Å². The minimum absolute atomic E-state index is 0.313. The Kier molecular flexibility index (Phi) is 5.38. The molecule has 5 unspecified atom stereocenters. The third-order valence-corrected chi connectivity index (χ3v) is 4.72. The SMILES string of the molecule is CCCCCC(O)C=CC1C2C=CC(C2)C1CC=O. The van der Waals surface area contributed by atoms with Crippen LogP contribution in [0.3, 0.4) is 0 Å². The first-order valence-electron chi connectivity index (χ1n) is 7.74. The fraction of sp³-hybridized carbons (Fsp3) is 0.706. The first-order valence-corrected chi connectivity index (χ1v) is 7.74. The van der Waals surface area contributed by atoms with E-state index in [1.165, 1.54) is 19.3 Å². The van der Waals surface area contributed by atoms with E-state index in [1.54, 1.807) is 0 Å². The van der Waals surface area contributed by atoms with Crippen molar-refractivity contribution in [2.75, 3.05) is 0 Å². The summed E-state index contributed by atoms with van der Waals surface area (Å²) < 4.78 is 0. The van der Waals surface area contributed by atoms with Gasteiger partial charge in [0.05, 0.1) is 6.10 Å². The second-order valence-corrected chi connectivity index (χ2v) is 6.04. The van der Waals surface area contributed by atoms with E-state index >= 15 is 0 Å². The molecule has 0 spiro atoms. The van der Waals surface area contributed by atoms with Gasteiger partial charge in [-0.1, -0.05) is 50.5 Å². The Morgan fingerprint density at radius 3 is 2.84 bits per heavy atom. The minimum atomic E-state index is -0.313. The normalized spacial score (nSPS) is 34.2. The molecule has 2 bridgehead atoms. The molecule has 0 heterocycles. The predicted octanol–water partition coefficient (Wildman–Crippen LogP) is 3.51. The van der Waals surface area contributed by atoms with Gasteiger partial charge in [0.1, 0.15) is 6.29 Å². The van der Waals surface area contributed by atoms with E-state index in [1.807, 2.05) is 6.08 Å². The van der Waals surface area contributed by atoms with Crippen LogP contribution in [-0.4, -0.2) is 17.5 Å². The average Bonchev–Trinajstić information content (AvgIpc) is 2.99. The highest BCUT2D eigenvalue weighted by Gasteiger charge is 2.42. The van der Waals surface area contributed by atoms with Gasteiger partial charge < -0.3 is 9.90 Å². The molecule has 0 aromatic rings. The lowest BCUT2D eigenvalue weighted by Gasteiger charge is -2.24. The van der Waals surface area contributed by atoms with Gasteiger partial charge in [-0.25, -0.2) is 0 Å². The zero-order valence-corrected chi connectivity index (χ0v) is 11.9. The summed E-state index contributed by atoms with van der Waals surface area (Å²) in [6.45, 7) is 2.17. The zero-order chi connectivity index (χ0) is 13.7. The van der Waals surface area contributed by atoms with Gasteiger partial charge in [0, 0.05) is 6.42 Å². The number of carbonyl (C=O) groups is 1. The molecule has 106 valence electrons. The lowest BCUT2D eigenvalue weighted by molar-refractivity contribution is -0.109. The number of aliphatic hydroxyl groups excluding tert-OH is 1. The van der Waals surface area contributed by atoms with Crippen LogP contribution in [-0.2, 0) is 4.79 Å². The maximum Gasteiger partial charge on any atom is 0.120 e. The molecule has 2 aliphatic carbocycles. The van der Waals surface area contributed by atoms with Crippen LogP contribution in [0, 0.1) is 23.7 Å². The Hall–Kier alpha value is -0.890. The van der Waals surface area contributed by atoms with Gasteiger partial charge in [-0.2, -0.15) is 0 Å². The maximum absolute atomic E-state index is 10.8. The quantitative estimate of drug-likeness (QED) is 0.413.